The number of hydrogen-bond donors (Lipinski definition) is 2. The van der Waals surface area contributed by atoms with Crippen LogP contribution in [0, 0.1) is 23.1 Å². The zero-order valence-corrected chi connectivity index (χ0v) is 19.8. The maximum Gasteiger partial charge on any atom is 0.418 e. The number of aromatic nitrogens is 3. The second-order valence-electron chi connectivity index (χ2n) is 8.98. The molecule has 0 bridgehead atoms. The van der Waals surface area contributed by atoms with Crippen molar-refractivity contribution in [3.63, 3.8) is 0 Å². The quantitative estimate of drug-likeness (QED) is 0.338. The molecule has 35 heavy (non-hydrogen) atoms. The Bertz CT molecular complexity index is 1270. The molecule has 186 valence electrons. The highest BCUT2D eigenvalue weighted by molar-refractivity contribution is 6.32. The van der Waals surface area contributed by atoms with Gasteiger partial charge in [-0.25, -0.2) is 9.37 Å². The Balaban J connectivity index is 0.000000421. The fourth-order valence-corrected chi connectivity index (χ4v) is 4.52. The number of benzene rings is 1. The molecule has 1 aliphatic carbocycles. The number of halogens is 5. The molecule has 0 spiro atoms. The summed E-state index contributed by atoms with van der Waals surface area (Å²) >= 11 is 5.82. The molecule has 11 heteroatoms. The Morgan fingerprint density at radius 2 is 2.03 bits per heavy atom. The van der Waals surface area contributed by atoms with Crippen molar-refractivity contribution >= 4 is 28.2 Å². The largest absolute Gasteiger partial charge is 0.418 e. The van der Waals surface area contributed by atoms with E-state index < -0.39 is 33.8 Å². The first-order valence-corrected chi connectivity index (χ1v) is 11.8. The number of alkyl halides is 3. The fourth-order valence-electron chi connectivity index (χ4n) is 4.19. The van der Waals surface area contributed by atoms with Gasteiger partial charge in [-0.3, -0.25) is 4.68 Å². The van der Waals surface area contributed by atoms with Crippen LogP contribution >= 0.6 is 11.6 Å². The van der Waals surface area contributed by atoms with E-state index in [-0.39, 0.29) is 30.1 Å². The van der Waals surface area contributed by atoms with E-state index in [4.69, 9.17) is 22.6 Å². The van der Waals surface area contributed by atoms with Crippen LogP contribution in [0.15, 0.2) is 18.3 Å². The Kier molecular flexibility index (Phi) is 7.20. The van der Waals surface area contributed by atoms with Crippen molar-refractivity contribution < 1.29 is 17.6 Å². The van der Waals surface area contributed by atoms with Gasteiger partial charge in [-0.1, -0.05) is 18.5 Å². The molecule has 1 unspecified atom stereocenters. The van der Waals surface area contributed by atoms with Crippen molar-refractivity contribution in [2.24, 2.45) is 5.92 Å². The molecule has 3 aromatic rings. The molecule has 1 aromatic carbocycles. The first-order valence-electron chi connectivity index (χ1n) is 11.4. The lowest BCUT2D eigenvalue weighted by molar-refractivity contribution is -0.137. The molecule has 1 atom stereocenters. The molecule has 1 saturated carbocycles. The van der Waals surface area contributed by atoms with Gasteiger partial charge < -0.3 is 11.1 Å². The van der Waals surface area contributed by atoms with E-state index in [0.29, 0.717) is 11.1 Å². The molecule has 5 rings (SSSR count). The molecule has 1 aliphatic heterocycles. The topological polar surface area (TPSA) is 92.6 Å². The standard InChI is InChI=1S/C19H14ClF4N5.C5H11N/c20-13-7-9(26)6-11(15(13)19(22,23)24)17-16(21)18-12(14(28-17)2-1-5-25)8-27-29(18)10-3-4-10;1-5-2-3-6-4-5/h6-8,10H,1-4,26H2;5-6H,2-4H2,1H3. The second-order valence-corrected chi connectivity index (χ2v) is 9.39. The van der Waals surface area contributed by atoms with Gasteiger partial charge in [-0.15, -0.1) is 0 Å². The summed E-state index contributed by atoms with van der Waals surface area (Å²) in [6.07, 6.45) is -0.192. The Morgan fingerprint density at radius 3 is 2.57 bits per heavy atom. The van der Waals surface area contributed by atoms with Gasteiger partial charge in [0.05, 0.1) is 34.6 Å². The zero-order chi connectivity index (χ0) is 25.3. The number of nitrogens with zero attached hydrogens (tertiary/aromatic N) is 4. The highest BCUT2D eigenvalue weighted by Crippen LogP contribution is 2.45. The zero-order valence-electron chi connectivity index (χ0n) is 19.1. The van der Waals surface area contributed by atoms with Gasteiger partial charge in [0.15, 0.2) is 5.82 Å². The summed E-state index contributed by atoms with van der Waals surface area (Å²) in [5, 5.41) is 16.1. The number of nitrogens with one attached hydrogen (secondary N) is 1. The molecule has 3 heterocycles. The number of anilines is 1. The summed E-state index contributed by atoms with van der Waals surface area (Å²) < 4.78 is 58.1. The van der Waals surface area contributed by atoms with Crippen LogP contribution in [0.3, 0.4) is 0 Å². The van der Waals surface area contributed by atoms with Crippen LogP contribution in [0.5, 0.6) is 0 Å². The number of pyridine rings is 1. The minimum Gasteiger partial charge on any atom is -0.399 e. The fraction of sp³-hybridized carbons (Fsp3) is 0.458. The van der Waals surface area contributed by atoms with Crippen molar-refractivity contribution in [2.45, 2.75) is 51.2 Å². The van der Waals surface area contributed by atoms with Crippen molar-refractivity contribution in [1.29, 1.82) is 5.26 Å². The van der Waals surface area contributed by atoms with Crippen LogP contribution < -0.4 is 11.1 Å². The lowest BCUT2D eigenvalue weighted by atomic mass is 10.00. The lowest BCUT2D eigenvalue weighted by Crippen LogP contribution is -2.11. The molecule has 2 aromatic heterocycles. The summed E-state index contributed by atoms with van der Waals surface area (Å²) in [4.78, 5) is 4.16. The number of hydrogen-bond acceptors (Lipinski definition) is 5. The Labute approximate surface area is 205 Å². The predicted octanol–water partition coefficient (Wildman–Crippen LogP) is 5.90. The van der Waals surface area contributed by atoms with Crippen molar-refractivity contribution in [1.82, 2.24) is 20.1 Å². The number of rotatable bonds is 4. The van der Waals surface area contributed by atoms with E-state index in [2.05, 4.69) is 22.3 Å². The minimum atomic E-state index is -4.84. The first-order chi connectivity index (χ1) is 16.6. The molecule has 1 saturated heterocycles. The van der Waals surface area contributed by atoms with E-state index in [1.807, 2.05) is 6.07 Å². The molecule has 3 N–H and O–H groups in total. The SMILES string of the molecule is CC1CCNC1.N#CCCc1nc(-c2cc(N)cc(Cl)c2C(F)(F)F)c(F)c2c1cnn2C1CC1. The van der Waals surface area contributed by atoms with Crippen LogP contribution in [0.1, 0.15) is 49.9 Å². The van der Waals surface area contributed by atoms with Crippen LogP contribution in [0.25, 0.3) is 22.2 Å². The van der Waals surface area contributed by atoms with E-state index in [1.165, 1.54) is 30.4 Å². The normalized spacial score (nSPS) is 17.8. The Morgan fingerprint density at radius 1 is 1.29 bits per heavy atom. The third-order valence-electron chi connectivity index (χ3n) is 6.09. The van der Waals surface area contributed by atoms with Crippen LogP contribution in [-0.2, 0) is 12.6 Å². The first kappa shape index (κ1) is 25.2. The van der Waals surface area contributed by atoms with Gasteiger partial charge in [-0.2, -0.15) is 23.5 Å². The number of aryl methyl sites for hydroxylation is 1. The van der Waals surface area contributed by atoms with Gasteiger partial charge in [0, 0.05) is 29.5 Å². The average molecular weight is 509 g/mol. The van der Waals surface area contributed by atoms with Crippen LogP contribution in [0.4, 0.5) is 23.2 Å². The van der Waals surface area contributed by atoms with E-state index in [9.17, 15) is 13.2 Å². The van der Waals surface area contributed by atoms with Crippen molar-refractivity contribution in [2.75, 3.05) is 18.8 Å². The van der Waals surface area contributed by atoms with Gasteiger partial charge >= 0.3 is 6.18 Å². The second kappa shape index (κ2) is 9.99. The third-order valence-corrected chi connectivity index (χ3v) is 6.39. The molecule has 2 aliphatic rings. The summed E-state index contributed by atoms with van der Waals surface area (Å²) in [5.41, 5.74) is 3.78. The number of fused-ring (bicyclic) bond motifs is 1. The summed E-state index contributed by atoms with van der Waals surface area (Å²) in [6, 6.07) is 3.94. The number of nitrogen functional groups attached to an aromatic ring is 1. The maximum absolute atomic E-state index is 15.5. The van der Waals surface area contributed by atoms with Crippen molar-refractivity contribution in [3.8, 4) is 17.3 Å². The maximum atomic E-state index is 15.5. The lowest BCUT2D eigenvalue weighted by Gasteiger charge is -2.17. The summed E-state index contributed by atoms with van der Waals surface area (Å²) in [6.45, 7) is 4.75. The summed E-state index contributed by atoms with van der Waals surface area (Å²) in [5.74, 6) is 0.0160. The van der Waals surface area contributed by atoms with Gasteiger partial charge in [0.25, 0.3) is 0 Å². The van der Waals surface area contributed by atoms with Crippen LogP contribution in [0.2, 0.25) is 5.02 Å². The number of nitriles is 1. The Hall–Kier alpha value is -2.90. The number of nitrogens with two attached hydrogens (primary N) is 1. The van der Waals surface area contributed by atoms with Gasteiger partial charge in [-0.05, 0) is 50.4 Å². The molecular formula is C24H25ClF4N6. The van der Waals surface area contributed by atoms with Crippen molar-refractivity contribution in [3.05, 3.63) is 40.4 Å². The van der Waals surface area contributed by atoms with E-state index in [0.717, 1.165) is 30.9 Å². The molecule has 0 radical (unpaired) electrons. The molecule has 0 amide bonds. The third kappa shape index (κ3) is 5.36. The molecule has 6 nitrogen and oxygen atoms in total. The molecular weight excluding hydrogens is 484 g/mol. The smallest absolute Gasteiger partial charge is 0.399 e. The summed E-state index contributed by atoms with van der Waals surface area (Å²) in [7, 11) is 0. The van der Waals surface area contributed by atoms with E-state index >= 15 is 4.39 Å². The van der Waals surface area contributed by atoms with Gasteiger partial charge in [0.2, 0.25) is 0 Å². The predicted molar refractivity (Wildman–Crippen MR) is 126 cm³/mol. The van der Waals surface area contributed by atoms with E-state index in [1.54, 1.807) is 0 Å². The van der Waals surface area contributed by atoms with Crippen LogP contribution in [-0.4, -0.2) is 27.9 Å². The minimum absolute atomic E-state index is 0.00687. The highest BCUT2D eigenvalue weighted by atomic mass is 35.5. The highest BCUT2D eigenvalue weighted by Gasteiger charge is 2.38. The van der Waals surface area contributed by atoms with Gasteiger partial charge in [0.1, 0.15) is 11.2 Å². The average Bonchev–Trinajstić information content (AvgIpc) is 3.33. The monoisotopic (exact) mass is 508 g/mol. The molecule has 2 fully saturated rings.